The van der Waals surface area contributed by atoms with E-state index in [0.717, 1.165) is 6.42 Å². The summed E-state index contributed by atoms with van der Waals surface area (Å²) in [5.41, 5.74) is 8.92. The summed E-state index contributed by atoms with van der Waals surface area (Å²) in [6, 6.07) is -0.554. The van der Waals surface area contributed by atoms with E-state index < -0.39 is 6.03 Å². The molecule has 0 bridgehead atoms. The molecule has 4 nitrogen and oxygen atoms in total. The highest BCUT2D eigenvalue weighted by Gasteiger charge is 2.40. The van der Waals surface area contributed by atoms with Crippen LogP contribution in [0.4, 0.5) is 4.79 Å². The van der Waals surface area contributed by atoms with Crippen LogP contribution in [0.5, 0.6) is 0 Å². The summed E-state index contributed by atoms with van der Waals surface area (Å²) in [5, 5.41) is 4.21. The Labute approximate surface area is 90.3 Å². The van der Waals surface area contributed by atoms with Gasteiger partial charge in [0.05, 0.1) is 0 Å². The minimum atomic E-state index is -0.554. The summed E-state index contributed by atoms with van der Waals surface area (Å²) < 4.78 is 0. The van der Waals surface area contributed by atoms with Gasteiger partial charge in [-0.1, -0.05) is 19.3 Å². The van der Waals surface area contributed by atoms with Crippen molar-refractivity contribution in [1.82, 2.24) is 5.43 Å². The van der Waals surface area contributed by atoms with Crippen molar-refractivity contribution in [3.8, 4) is 0 Å². The van der Waals surface area contributed by atoms with Gasteiger partial charge in [0.1, 0.15) is 0 Å². The van der Waals surface area contributed by atoms with Gasteiger partial charge in [0, 0.05) is 11.1 Å². The van der Waals surface area contributed by atoms with Crippen LogP contribution in [0.3, 0.4) is 0 Å². The molecule has 2 rings (SSSR count). The molecule has 2 aliphatic rings. The molecule has 2 amide bonds. The molecule has 84 valence electrons. The summed E-state index contributed by atoms with van der Waals surface area (Å²) in [5.74, 6) is 0. The third-order valence-electron chi connectivity index (χ3n) is 3.79. The maximum atomic E-state index is 10.6. The molecular weight excluding hydrogens is 190 g/mol. The first-order valence-electron chi connectivity index (χ1n) is 5.85. The smallest absolute Gasteiger partial charge is 0.332 e. The fraction of sp³-hybridized carbons (Fsp3) is 0.818. The number of hydrogen-bond acceptors (Lipinski definition) is 2. The topological polar surface area (TPSA) is 67.5 Å². The Hall–Kier alpha value is -1.06. The largest absolute Gasteiger partial charge is 0.350 e. The van der Waals surface area contributed by atoms with Crippen LogP contribution in [0.15, 0.2) is 5.10 Å². The summed E-state index contributed by atoms with van der Waals surface area (Å²) in [4.78, 5) is 10.6. The lowest BCUT2D eigenvalue weighted by atomic mass is 9.71. The Balaban J connectivity index is 2.12. The van der Waals surface area contributed by atoms with Crippen molar-refractivity contribution < 1.29 is 4.79 Å². The molecule has 2 saturated carbocycles. The van der Waals surface area contributed by atoms with E-state index >= 15 is 0 Å². The minimum Gasteiger partial charge on any atom is -0.350 e. The number of carbonyl (C=O) groups is 1. The Morgan fingerprint density at radius 3 is 2.40 bits per heavy atom. The van der Waals surface area contributed by atoms with Gasteiger partial charge >= 0.3 is 6.03 Å². The van der Waals surface area contributed by atoms with E-state index in [1.807, 2.05) is 0 Å². The van der Waals surface area contributed by atoms with E-state index in [0.29, 0.717) is 5.41 Å². The number of urea groups is 1. The summed E-state index contributed by atoms with van der Waals surface area (Å²) >= 11 is 0. The first-order chi connectivity index (χ1) is 7.23. The monoisotopic (exact) mass is 209 g/mol. The fourth-order valence-electron chi connectivity index (χ4n) is 3.05. The van der Waals surface area contributed by atoms with Gasteiger partial charge in [-0.25, -0.2) is 10.2 Å². The van der Waals surface area contributed by atoms with Crippen molar-refractivity contribution in [3.63, 3.8) is 0 Å². The zero-order valence-electron chi connectivity index (χ0n) is 9.09. The maximum Gasteiger partial charge on any atom is 0.332 e. The van der Waals surface area contributed by atoms with Crippen LogP contribution in [-0.2, 0) is 0 Å². The van der Waals surface area contributed by atoms with Gasteiger partial charge in [0.15, 0.2) is 0 Å². The van der Waals surface area contributed by atoms with E-state index in [2.05, 4.69) is 10.5 Å². The van der Waals surface area contributed by atoms with E-state index in [1.54, 1.807) is 0 Å². The maximum absolute atomic E-state index is 10.6. The van der Waals surface area contributed by atoms with E-state index in [9.17, 15) is 4.79 Å². The summed E-state index contributed by atoms with van der Waals surface area (Å²) in [7, 11) is 0. The van der Waals surface area contributed by atoms with E-state index in [1.165, 1.54) is 50.7 Å². The van der Waals surface area contributed by atoms with Crippen LogP contribution < -0.4 is 11.2 Å². The lowest BCUT2D eigenvalue weighted by Gasteiger charge is -2.34. The Bertz CT molecular complexity index is 280. The molecule has 1 spiro atoms. The fourth-order valence-corrected chi connectivity index (χ4v) is 3.05. The Morgan fingerprint density at radius 1 is 1.20 bits per heavy atom. The molecule has 0 radical (unpaired) electrons. The Morgan fingerprint density at radius 2 is 1.80 bits per heavy atom. The molecule has 3 N–H and O–H groups in total. The van der Waals surface area contributed by atoms with Crippen LogP contribution in [0.1, 0.15) is 51.4 Å². The third-order valence-corrected chi connectivity index (χ3v) is 3.79. The average molecular weight is 209 g/mol. The first kappa shape index (κ1) is 10.5. The predicted molar refractivity (Wildman–Crippen MR) is 59.5 cm³/mol. The van der Waals surface area contributed by atoms with Crippen molar-refractivity contribution in [3.05, 3.63) is 0 Å². The van der Waals surface area contributed by atoms with Crippen molar-refractivity contribution in [1.29, 1.82) is 0 Å². The molecule has 0 unspecified atom stereocenters. The van der Waals surface area contributed by atoms with Crippen LogP contribution in [0.2, 0.25) is 0 Å². The molecule has 4 heteroatoms. The van der Waals surface area contributed by atoms with Crippen molar-refractivity contribution >= 4 is 11.7 Å². The zero-order chi connectivity index (χ0) is 10.7. The molecule has 0 atom stereocenters. The molecule has 0 aromatic heterocycles. The van der Waals surface area contributed by atoms with Gasteiger partial charge in [-0.3, -0.25) is 0 Å². The minimum absolute atomic E-state index is 0.306. The lowest BCUT2D eigenvalue weighted by molar-refractivity contribution is 0.249. The van der Waals surface area contributed by atoms with Crippen LogP contribution in [-0.4, -0.2) is 11.7 Å². The lowest BCUT2D eigenvalue weighted by Crippen LogP contribution is -2.35. The Kier molecular flexibility index (Phi) is 2.93. The first-order valence-corrected chi connectivity index (χ1v) is 5.85. The number of nitrogens with zero attached hydrogens (tertiary/aromatic N) is 1. The highest BCUT2D eigenvalue weighted by Crippen LogP contribution is 2.47. The van der Waals surface area contributed by atoms with Gasteiger partial charge in [-0.15, -0.1) is 0 Å². The van der Waals surface area contributed by atoms with Gasteiger partial charge < -0.3 is 5.73 Å². The van der Waals surface area contributed by atoms with Gasteiger partial charge in [0.25, 0.3) is 0 Å². The number of primary amides is 1. The molecule has 2 fully saturated rings. The molecule has 0 aliphatic heterocycles. The normalized spacial score (nSPS) is 27.1. The zero-order valence-corrected chi connectivity index (χ0v) is 9.09. The molecule has 0 aromatic carbocycles. The second-order valence-electron chi connectivity index (χ2n) is 4.73. The molecule has 2 aliphatic carbocycles. The molecule has 0 heterocycles. The number of amides is 2. The average Bonchev–Trinajstić information content (AvgIpc) is 2.66. The van der Waals surface area contributed by atoms with Crippen molar-refractivity contribution in [2.45, 2.75) is 51.4 Å². The second kappa shape index (κ2) is 4.21. The standard InChI is InChI=1S/C11H19N3O/c12-10(15)14-13-9-5-1-2-6-11(9)7-3-4-8-11/h1-8H2,(H3,12,14,15)/b13-9+. The number of hydrogen-bond donors (Lipinski definition) is 2. The van der Waals surface area contributed by atoms with Gasteiger partial charge in [-0.2, -0.15) is 5.10 Å². The van der Waals surface area contributed by atoms with Crippen LogP contribution in [0, 0.1) is 5.41 Å². The molecule has 15 heavy (non-hydrogen) atoms. The second-order valence-corrected chi connectivity index (χ2v) is 4.73. The van der Waals surface area contributed by atoms with Gasteiger partial charge in [0.2, 0.25) is 0 Å². The highest BCUT2D eigenvalue weighted by atomic mass is 16.2. The van der Waals surface area contributed by atoms with Crippen molar-refractivity contribution in [2.75, 3.05) is 0 Å². The molecule has 0 saturated heterocycles. The van der Waals surface area contributed by atoms with Crippen molar-refractivity contribution in [2.24, 2.45) is 16.3 Å². The number of nitrogens with one attached hydrogen (secondary N) is 1. The van der Waals surface area contributed by atoms with Crippen LogP contribution in [0.25, 0.3) is 0 Å². The summed E-state index contributed by atoms with van der Waals surface area (Å²) in [6.45, 7) is 0. The van der Waals surface area contributed by atoms with E-state index in [4.69, 9.17) is 5.73 Å². The third kappa shape index (κ3) is 2.13. The molecule has 0 aromatic rings. The number of carbonyl (C=O) groups excluding carboxylic acids is 1. The van der Waals surface area contributed by atoms with Crippen LogP contribution >= 0.6 is 0 Å². The quantitative estimate of drug-likeness (QED) is 0.638. The number of rotatable bonds is 1. The summed E-state index contributed by atoms with van der Waals surface area (Å²) in [6.07, 6.45) is 9.85. The predicted octanol–water partition coefficient (Wildman–Crippen LogP) is 2.15. The van der Waals surface area contributed by atoms with E-state index in [-0.39, 0.29) is 0 Å². The molecular formula is C11H19N3O. The number of nitrogens with two attached hydrogens (primary N) is 1. The number of hydrazone groups is 1. The highest BCUT2D eigenvalue weighted by molar-refractivity contribution is 5.91. The van der Waals surface area contributed by atoms with Gasteiger partial charge in [-0.05, 0) is 32.1 Å². The SMILES string of the molecule is NC(=O)N/N=C1\CCCCC12CCCC2.